The van der Waals surface area contributed by atoms with Crippen molar-refractivity contribution in [2.24, 2.45) is 0 Å². The van der Waals surface area contributed by atoms with Gasteiger partial charge >= 0.3 is 0 Å². The maximum absolute atomic E-state index is 11.8. The van der Waals surface area contributed by atoms with E-state index in [4.69, 9.17) is 28.9 Å². The Balaban J connectivity index is 3.15. The molecule has 3 N–H and O–H groups in total. The Hall–Kier alpha value is -0.930. The van der Waals surface area contributed by atoms with Gasteiger partial charge in [0, 0.05) is 0 Å². The Bertz CT molecular complexity index is 588. The van der Waals surface area contributed by atoms with E-state index >= 15 is 0 Å². The third-order valence-electron chi connectivity index (χ3n) is 1.91. The summed E-state index contributed by atoms with van der Waals surface area (Å²) in [5.41, 5.74) is 5.59. The van der Waals surface area contributed by atoms with Crippen molar-refractivity contribution in [3.63, 3.8) is 0 Å². The van der Waals surface area contributed by atoms with Gasteiger partial charge in [-0.1, -0.05) is 29.1 Å². The Labute approximate surface area is 110 Å². The van der Waals surface area contributed by atoms with E-state index in [9.17, 15) is 8.42 Å². The summed E-state index contributed by atoms with van der Waals surface area (Å²) in [6, 6.07) is 2.67. The van der Waals surface area contributed by atoms with Crippen LogP contribution in [0.5, 0.6) is 0 Å². The summed E-state index contributed by atoms with van der Waals surface area (Å²) in [6.07, 6.45) is 0. The van der Waals surface area contributed by atoms with Crippen LogP contribution in [0.25, 0.3) is 0 Å². The van der Waals surface area contributed by atoms with Crippen LogP contribution in [0.2, 0.25) is 10.0 Å². The van der Waals surface area contributed by atoms with Crippen molar-refractivity contribution < 1.29 is 8.42 Å². The third kappa shape index (κ3) is 3.27. The number of hydrogen-bond donors (Lipinski definition) is 2. The number of rotatable bonds is 3. The molecule has 0 bridgehead atoms. The molecule has 7 heteroatoms. The fourth-order valence-electron chi connectivity index (χ4n) is 1.05. The predicted octanol–water partition coefficient (Wildman–Crippen LogP) is 1.88. The molecular formula is C10H10Cl2N2O2S. The SMILES string of the molecule is CC#CCNS(=O)(=O)c1ccc(Cl)c(N)c1Cl. The number of halogens is 2. The van der Waals surface area contributed by atoms with E-state index in [2.05, 4.69) is 16.6 Å². The minimum atomic E-state index is -3.73. The van der Waals surface area contributed by atoms with Crippen LogP contribution in [0.15, 0.2) is 17.0 Å². The van der Waals surface area contributed by atoms with E-state index in [0.29, 0.717) is 0 Å². The molecule has 1 rings (SSSR count). The molecule has 0 aromatic heterocycles. The van der Waals surface area contributed by atoms with Gasteiger partial charge in [0.2, 0.25) is 10.0 Å². The third-order valence-corrected chi connectivity index (χ3v) is 4.20. The van der Waals surface area contributed by atoms with Gasteiger partial charge < -0.3 is 5.73 Å². The lowest BCUT2D eigenvalue weighted by atomic mass is 10.3. The Morgan fingerprint density at radius 3 is 2.65 bits per heavy atom. The Morgan fingerprint density at radius 2 is 2.06 bits per heavy atom. The smallest absolute Gasteiger partial charge is 0.243 e. The molecule has 0 atom stereocenters. The van der Waals surface area contributed by atoms with Gasteiger partial charge in [-0.25, -0.2) is 8.42 Å². The van der Waals surface area contributed by atoms with Crippen LogP contribution in [0.4, 0.5) is 5.69 Å². The van der Waals surface area contributed by atoms with Gasteiger partial charge in [0.05, 0.1) is 22.3 Å². The van der Waals surface area contributed by atoms with Crippen LogP contribution in [0.3, 0.4) is 0 Å². The number of benzene rings is 1. The highest BCUT2D eigenvalue weighted by Crippen LogP contribution is 2.32. The second kappa shape index (κ2) is 5.61. The van der Waals surface area contributed by atoms with Crippen molar-refractivity contribution in [3.8, 4) is 11.8 Å². The van der Waals surface area contributed by atoms with Gasteiger partial charge in [0.15, 0.2) is 0 Å². The van der Waals surface area contributed by atoms with Gasteiger partial charge in [-0.2, -0.15) is 4.72 Å². The van der Waals surface area contributed by atoms with Crippen LogP contribution in [-0.2, 0) is 10.0 Å². The molecule has 0 aliphatic heterocycles. The molecule has 0 aliphatic carbocycles. The maximum atomic E-state index is 11.8. The monoisotopic (exact) mass is 292 g/mol. The summed E-state index contributed by atoms with van der Waals surface area (Å²) in [4.78, 5) is -0.112. The molecule has 0 amide bonds. The molecule has 0 saturated heterocycles. The Morgan fingerprint density at radius 1 is 1.41 bits per heavy atom. The fraction of sp³-hybridized carbons (Fsp3) is 0.200. The highest BCUT2D eigenvalue weighted by Gasteiger charge is 2.19. The average Bonchev–Trinajstić information content (AvgIpc) is 2.26. The van der Waals surface area contributed by atoms with Crippen LogP contribution in [0.1, 0.15) is 6.92 Å². The predicted molar refractivity (Wildman–Crippen MR) is 69.5 cm³/mol. The zero-order valence-electron chi connectivity index (χ0n) is 8.92. The lowest BCUT2D eigenvalue weighted by Gasteiger charge is -2.08. The van der Waals surface area contributed by atoms with Gasteiger partial charge in [-0.3, -0.25) is 0 Å². The maximum Gasteiger partial charge on any atom is 0.243 e. The molecule has 0 spiro atoms. The fourth-order valence-corrected chi connectivity index (χ4v) is 2.74. The molecule has 0 saturated carbocycles. The van der Waals surface area contributed by atoms with Crippen LogP contribution in [-0.4, -0.2) is 15.0 Å². The van der Waals surface area contributed by atoms with E-state index in [1.165, 1.54) is 12.1 Å². The van der Waals surface area contributed by atoms with Gasteiger partial charge in [0.1, 0.15) is 4.90 Å². The van der Waals surface area contributed by atoms with Crippen molar-refractivity contribution >= 4 is 38.9 Å². The summed E-state index contributed by atoms with van der Waals surface area (Å²) < 4.78 is 25.9. The number of nitrogens with one attached hydrogen (secondary N) is 1. The molecule has 1 aromatic carbocycles. The highest BCUT2D eigenvalue weighted by atomic mass is 35.5. The summed E-state index contributed by atoms with van der Waals surface area (Å²) in [5, 5.41) is 0.122. The van der Waals surface area contributed by atoms with E-state index in [1.54, 1.807) is 6.92 Å². The van der Waals surface area contributed by atoms with Crippen molar-refractivity contribution in [3.05, 3.63) is 22.2 Å². The minimum Gasteiger partial charge on any atom is -0.396 e. The van der Waals surface area contributed by atoms with E-state index < -0.39 is 10.0 Å². The Kier molecular flexibility index (Phi) is 4.66. The molecule has 0 unspecified atom stereocenters. The quantitative estimate of drug-likeness (QED) is 0.660. The first-order valence-corrected chi connectivity index (χ1v) is 6.77. The number of nitrogens with two attached hydrogens (primary N) is 1. The highest BCUT2D eigenvalue weighted by molar-refractivity contribution is 7.89. The molecule has 17 heavy (non-hydrogen) atoms. The number of nitrogen functional groups attached to an aromatic ring is 1. The van der Waals surface area contributed by atoms with Gasteiger partial charge in [-0.15, -0.1) is 5.92 Å². The second-order valence-corrected chi connectivity index (χ2v) is 5.55. The average molecular weight is 293 g/mol. The molecular weight excluding hydrogens is 283 g/mol. The van der Waals surface area contributed by atoms with Crippen molar-refractivity contribution in [2.75, 3.05) is 12.3 Å². The lowest BCUT2D eigenvalue weighted by molar-refractivity contribution is 0.586. The van der Waals surface area contributed by atoms with Crippen molar-refractivity contribution in [1.82, 2.24) is 4.72 Å². The van der Waals surface area contributed by atoms with E-state index in [0.717, 1.165) is 0 Å². The first kappa shape index (κ1) is 14.1. The normalized spacial score (nSPS) is 10.8. The van der Waals surface area contributed by atoms with Crippen LogP contribution >= 0.6 is 23.2 Å². The minimum absolute atomic E-state index is 0.0116. The molecule has 0 fully saturated rings. The summed E-state index contributed by atoms with van der Waals surface area (Å²) >= 11 is 11.5. The van der Waals surface area contributed by atoms with E-state index in [-0.39, 0.29) is 27.2 Å². The molecule has 0 heterocycles. The molecule has 92 valence electrons. The van der Waals surface area contributed by atoms with Crippen molar-refractivity contribution in [2.45, 2.75) is 11.8 Å². The van der Waals surface area contributed by atoms with Gasteiger partial charge in [0.25, 0.3) is 0 Å². The number of anilines is 1. The largest absolute Gasteiger partial charge is 0.396 e. The van der Waals surface area contributed by atoms with E-state index in [1.807, 2.05) is 0 Å². The first-order valence-electron chi connectivity index (χ1n) is 4.53. The summed E-state index contributed by atoms with van der Waals surface area (Å²) in [6.45, 7) is 1.62. The molecule has 1 aromatic rings. The standard InChI is InChI=1S/C10H10Cl2N2O2S/c1-2-3-6-14-17(15,16)8-5-4-7(11)10(13)9(8)12/h4-5,14H,6,13H2,1H3. The number of sulfonamides is 1. The number of hydrogen-bond acceptors (Lipinski definition) is 3. The zero-order chi connectivity index (χ0) is 13.1. The van der Waals surface area contributed by atoms with Crippen molar-refractivity contribution in [1.29, 1.82) is 0 Å². The molecule has 4 nitrogen and oxygen atoms in total. The first-order chi connectivity index (χ1) is 7.90. The molecule has 0 aliphatic rings. The molecule has 0 radical (unpaired) electrons. The van der Waals surface area contributed by atoms with Crippen LogP contribution < -0.4 is 10.5 Å². The van der Waals surface area contributed by atoms with Crippen LogP contribution in [0, 0.1) is 11.8 Å². The van der Waals surface area contributed by atoms with Gasteiger partial charge in [-0.05, 0) is 19.1 Å². The summed E-state index contributed by atoms with van der Waals surface area (Å²) in [5.74, 6) is 5.15. The summed E-state index contributed by atoms with van der Waals surface area (Å²) in [7, 11) is -3.73. The lowest BCUT2D eigenvalue weighted by Crippen LogP contribution is -2.24. The topological polar surface area (TPSA) is 72.2 Å². The zero-order valence-corrected chi connectivity index (χ0v) is 11.2. The second-order valence-electron chi connectivity index (χ2n) is 3.02.